The molecule has 2 heterocycles. The highest BCUT2D eigenvalue weighted by atomic mass is 79.9. The number of aromatic nitrogens is 2. The zero-order valence-electron chi connectivity index (χ0n) is 13.0. The van der Waals surface area contributed by atoms with E-state index in [-0.39, 0.29) is 19.0 Å². The average Bonchev–Trinajstić information content (AvgIpc) is 3.21. The first-order chi connectivity index (χ1) is 11.6. The number of ether oxygens (including phenoxy) is 1. The molecular weight excluding hydrogens is 392 g/mol. The number of aryl methyl sites for hydroxylation is 2. The van der Waals surface area contributed by atoms with Gasteiger partial charge in [-0.25, -0.2) is 0 Å². The van der Waals surface area contributed by atoms with Crippen LogP contribution >= 0.6 is 27.3 Å². The summed E-state index contributed by atoms with van der Waals surface area (Å²) in [6.45, 7) is 2.29. The maximum absolute atomic E-state index is 11.8. The molecule has 0 unspecified atom stereocenters. The Morgan fingerprint density at radius 1 is 1.29 bits per heavy atom. The van der Waals surface area contributed by atoms with Crippen LogP contribution in [0.15, 0.2) is 43.9 Å². The predicted molar refractivity (Wildman–Crippen MR) is 94.6 cm³/mol. The fourth-order valence-electron chi connectivity index (χ4n) is 2.03. The summed E-state index contributed by atoms with van der Waals surface area (Å²) in [5, 5.41) is 9.95. The van der Waals surface area contributed by atoms with Crippen LogP contribution in [-0.2, 0) is 22.6 Å². The minimum atomic E-state index is -0.285. The highest BCUT2D eigenvalue weighted by molar-refractivity contribution is 9.11. The third kappa shape index (κ3) is 4.52. The summed E-state index contributed by atoms with van der Waals surface area (Å²) >= 11 is 4.94. The summed E-state index contributed by atoms with van der Waals surface area (Å²) in [5.74, 6) is 0.606. The van der Waals surface area contributed by atoms with Gasteiger partial charge in [0.2, 0.25) is 11.8 Å². The van der Waals surface area contributed by atoms with Crippen molar-refractivity contribution in [3.63, 3.8) is 0 Å². The minimum Gasteiger partial charge on any atom is -0.461 e. The van der Waals surface area contributed by atoms with Gasteiger partial charge in [0, 0.05) is 17.5 Å². The lowest BCUT2D eigenvalue weighted by Gasteiger charge is -2.01. The van der Waals surface area contributed by atoms with E-state index in [1.807, 2.05) is 42.6 Å². The largest absolute Gasteiger partial charge is 0.461 e. The normalized spacial score (nSPS) is 10.8. The Labute approximate surface area is 151 Å². The van der Waals surface area contributed by atoms with Crippen molar-refractivity contribution in [2.45, 2.75) is 26.4 Å². The van der Waals surface area contributed by atoms with E-state index in [1.54, 1.807) is 11.3 Å². The van der Waals surface area contributed by atoms with Gasteiger partial charge in [0.15, 0.2) is 0 Å². The topological polar surface area (TPSA) is 65.2 Å². The Hall–Kier alpha value is -1.99. The molecule has 0 bridgehead atoms. The monoisotopic (exact) mass is 406 g/mol. The van der Waals surface area contributed by atoms with Crippen molar-refractivity contribution < 1.29 is 13.9 Å². The Balaban J connectivity index is 1.49. The molecule has 0 saturated carbocycles. The van der Waals surface area contributed by atoms with E-state index in [9.17, 15) is 4.79 Å². The first-order valence-electron chi connectivity index (χ1n) is 7.38. The molecule has 2 aromatic heterocycles. The lowest BCUT2D eigenvalue weighted by atomic mass is 10.1. The van der Waals surface area contributed by atoms with Gasteiger partial charge in [-0.15, -0.1) is 21.5 Å². The molecule has 24 heavy (non-hydrogen) atoms. The Morgan fingerprint density at radius 2 is 2.08 bits per heavy atom. The SMILES string of the molecule is Cc1ccc(-c2nnc(CCC(=O)OCc3csc(Br)c3)o2)cc1. The minimum absolute atomic E-state index is 0.209. The highest BCUT2D eigenvalue weighted by Gasteiger charge is 2.11. The van der Waals surface area contributed by atoms with Gasteiger partial charge in [-0.1, -0.05) is 17.7 Å². The fourth-order valence-corrected chi connectivity index (χ4v) is 3.23. The zero-order valence-corrected chi connectivity index (χ0v) is 15.4. The summed E-state index contributed by atoms with van der Waals surface area (Å²) in [6, 6.07) is 9.77. The van der Waals surface area contributed by atoms with E-state index < -0.39 is 0 Å². The van der Waals surface area contributed by atoms with Gasteiger partial charge in [-0.3, -0.25) is 4.79 Å². The highest BCUT2D eigenvalue weighted by Crippen LogP contribution is 2.21. The van der Waals surface area contributed by atoms with E-state index in [1.165, 1.54) is 5.56 Å². The maximum Gasteiger partial charge on any atom is 0.306 e. The molecule has 0 spiro atoms. The molecule has 3 aromatic rings. The smallest absolute Gasteiger partial charge is 0.306 e. The second-order valence-corrected chi connectivity index (χ2v) is 7.58. The van der Waals surface area contributed by atoms with E-state index >= 15 is 0 Å². The van der Waals surface area contributed by atoms with Gasteiger partial charge in [0.1, 0.15) is 6.61 Å². The number of benzene rings is 1. The van der Waals surface area contributed by atoms with Crippen molar-refractivity contribution >= 4 is 33.2 Å². The summed E-state index contributed by atoms with van der Waals surface area (Å²) in [4.78, 5) is 11.8. The molecule has 0 fully saturated rings. The standard InChI is InChI=1S/C17H15BrN2O3S/c1-11-2-4-13(5-3-11)17-20-19-15(23-17)6-7-16(21)22-9-12-8-14(18)24-10-12/h2-5,8,10H,6-7,9H2,1H3. The number of carbonyl (C=O) groups is 1. The first kappa shape index (κ1) is 16.9. The van der Waals surface area contributed by atoms with Crippen molar-refractivity contribution in [1.29, 1.82) is 0 Å². The van der Waals surface area contributed by atoms with Crippen LogP contribution in [0.5, 0.6) is 0 Å². The van der Waals surface area contributed by atoms with E-state index in [4.69, 9.17) is 9.15 Å². The number of nitrogens with zero attached hydrogens (tertiary/aromatic N) is 2. The lowest BCUT2D eigenvalue weighted by Crippen LogP contribution is -2.05. The molecule has 5 nitrogen and oxygen atoms in total. The predicted octanol–water partition coefficient (Wildman–Crippen LogP) is 4.55. The molecule has 0 amide bonds. The van der Waals surface area contributed by atoms with Gasteiger partial charge in [0.25, 0.3) is 0 Å². The first-order valence-corrected chi connectivity index (χ1v) is 9.05. The maximum atomic E-state index is 11.8. The van der Waals surface area contributed by atoms with Crippen molar-refractivity contribution in [1.82, 2.24) is 10.2 Å². The molecule has 3 rings (SSSR count). The molecule has 0 saturated heterocycles. The van der Waals surface area contributed by atoms with Crippen LogP contribution < -0.4 is 0 Å². The van der Waals surface area contributed by atoms with Crippen molar-refractivity contribution in [2.24, 2.45) is 0 Å². The third-order valence-corrected chi connectivity index (χ3v) is 4.88. The van der Waals surface area contributed by atoms with E-state index in [0.29, 0.717) is 18.2 Å². The number of esters is 1. The zero-order chi connectivity index (χ0) is 16.9. The molecule has 124 valence electrons. The van der Waals surface area contributed by atoms with Crippen LogP contribution in [0, 0.1) is 6.92 Å². The van der Waals surface area contributed by atoms with Crippen molar-refractivity contribution in [3.05, 3.63) is 56.5 Å². The van der Waals surface area contributed by atoms with E-state index in [2.05, 4.69) is 26.1 Å². The van der Waals surface area contributed by atoms with Crippen molar-refractivity contribution in [2.75, 3.05) is 0 Å². The number of hydrogen-bond donors (Lipinski definition) is 0. The summed E-state index contributed by atoms with van der Waals surface area (Å²) in [7, 11) is 0. The number of hydrogen-bond acceptors (Lipinski definition) is 6. The number of halogens is 1. The summed E-state index contributed by atoms with van der Waals surface area (Å²) in [6.07, 6.45) is 0.575. The second-order valence-electron chi connectivity index (χ2n) is 5.29. The molecule has 0 aliphatic carbocycles. The molecule has 0 N–H and O–H groups in total. The van der Waals surface area contributed by atoms with Crippen LogP contribution in [0.2, 0.25) is 0 Å². The van der Waals surface area contributed by atoms with Gasteiger partial charge >= 0.3 is 5.97 Å². The van der Waals surface area contributed by atoms with E-state index in [0.717, 1.165) is 14.9 Å². The molecular formula is C17H15BrN2O3S. The summed E-state index contributed by atoms with van der Waals surface area (Å²) < 4.78 is 11.8. The van der Waals surface area contributed by atoms with Crippen LogP contribution in [0.25, 0.3) is 11.5 Å². The summed E-state index contributed by atoms with van der Waals surface area (Å²) in [5.41, 5.74) is 3.00. The third-order valence-electron chi connectivity index (χ3n) is 3.33. The molecule has 0 atom stereocenters. The Bertz CT molecular complexity index is 826. The fraction of sp³-hybridized carbons (Fsp3) is 0.235. The number of rotatable bonds is 6. The van der Waals surface area contributed by atoms with Gasteiger partial charge < -0.3 is 9.15 Å². The number of carbonyl (C=O) groups excluding carboxylic acids is 1. The quantitative estimate of drug-likeness (QED) is 0.561. The molecule has 0 aliphatic heterocycles. The Kier molecular flexibility index (Phi) is 5.42. The van der Waals surface area contributed by atoms with Crippen LogP contribution in [-0.4, -0.2) is 16.2 Å². The lowest BCUT2D eigenvalue weighted by molar-refractivity contribution is -0.145. The van der Waals surface area contributed by atoms with Crippen LogP contribution in [0.4, 0.5) is 0 Å². The van der Waals surface area contributed by atoms with Gasteiger partial charge in [0.05, 0.1) is 10.2 Å². The average molecular weight is 407 g/mol. The van der Waals surface area contributed by atoms with Gasteiger partial charge in [-0.05, 0) is 46.4 Å². The molecule has 1 aromatic carbocycles. The molecule has 0 aliphatic rings. The molecule has 0 radical (unpaired) electrons. The van der Waals surface area contributed by atoms with Crippen molar-refractivity contribution in [3.8, 4) is 11.5 Å². The van der Waals surface area contributed by atoms with Crippen LogP contribution in [0.3, 0.4) is 0 Å². The second kappa shape index (κ2) is 7.72. The Morgan fingerprint density at radius 3 is 2.79 bits per heavy atom. The van der Waals surface area contributed by atoms with Gasteiger partial charge in [-0.2, -0.15) is 0 Å². The molecule has 7 heteroatoms. The number of thiophene rings is 1. The van der Waals surface area contributed by atoms with Crippen LogP contribution in [0.1, 0.15) is 23.4 Å².